The van der Waals surface area contributed by atoms with Gasteiger partial charge in [-0.05, 0) is 0 Å². The van der Waals surface area contributed by atoms with Crippen molar-refractivity contribution in [2.75, 3.05) is 13.1 Å². The topological polar surface area (TPSA) is 41.6 Å². The Balaban J connectivity index is 2.54. The van der Waals surface area contributed by atoms with Gasteiger partial charge < -0.3 is 10.6 Å². The van der Waals surface area contributed by atoms with Gasteiger partial charge in [0.15, 0.2) is 5.96 Å². The van der Waals surface area contributed by atoms with E-state index in [0.29, 0.717) is 5.96 Å². The smallest absolute Gasteiger partial charge is 0.191 e. The van der Waals surface area contributed by atoms with Crippen LogP contribution in [0.25, 0.3) is 0 Å². The van der Waals surface area contributed by atoms with E-state index in [1.54, 1.807) is 0 Å². The van der Waals surface area contributed by atoms with Gasteiger partial charge in [-0.15, -0.1) is 0 Å². The van der Waals surface area contributed by atoms with E-state index in [-0.39, 0.29) is 0 Å². The average molecular weight is 97.1 g/mol. The molecule has 1 aliphatic heterocycles. The van der Waals surface area contributed by atoms with Crippen molar-refractivity contribution in [1.29, 1.82) is 0 Å². The molecule has 3 nitrogen and oxygen atoms in total. The first-order valence-electron chi connectivity index (χ1n) is 2.13. The number of hydrogen-bond acceptors (Lipinski definition) is 3. The summed E-state index contributed by atoms with van der Waals surface area (Å²) in [6.07, 6.45) is 0. The lowest BCUT2D eigenvalue weighted by Crippen LogP contribution is -2.27. The Kier molecular flexibility index (Phi) is 0.889. The number of nitrogens with two attached hydrogens (primary N) is 1. The van der Waals surface area contributed by atoms with E-state index in [4.69, 9.17) is 12.8 Å². The molecule has 0 aromatic rings. The first-order chi connectivity index (χ1) is 3.30. The van der Waals surface area contributed by atoms with Gasteiger partial charge in [-0.3, -0.25) is 4.99 Å². The Morgan fingerprint density at radius 3 is 2.71 bits per heavy atom. The van der Waals surface area contributed by atoms with Crippen LogP contribution < -0.4 is 5.73 Å². The lowest BCUT2D eigenvalue weighted by Gasteiger charge is -2.05. The molecule has 0 aromatic heterocycles. The number of guanidine groups is 1. The molecule has 7 heavy (non-hydrogen) atoms. The molecule has 1 rings (SSSR count). The number of hydrogen-bond donors (Lipinski definition) is 1. The van der Waals surface area contributed by atoms with Crippen LogP contribution >= 0.6 is 0 Å². The zero-order valence-electron chi connectivity index (χ0n) is 3.96. The fourth-order valence-electron chi connectivity index (χ4n) is 0.478. The van der Waals surface area contributed by atoms with Crippen molar-refractivity contribution in [3.63, 3.8) is 0 Å². The average Bonchev–Trinajstić information content (AvgIpc) is 1.91. The minimum absolute atomic E-state index is 0.444. The van der Waals surface area contributed by atoms with Gasteiger partial charge >= 0.3 is 0 Å². The van der Waals surface area contributed by atoms with Gasteiger partial charge in [0, 0.05) is 6.54 Å². The van der Waals surface area contributed by atoms with Gasteiger partial charge in [0.2, 0.25) is 0 Å². The van der Waals surface area contributed by atoms with Crippen molar-refractivity contribution in [3.8, 4) is 0 Å². The summed E-state index contributed by atoms with van der Waals surface area (Å²) in [6, 6.07) is 0. The molecule has 1 aliphatic rings. The molecule has 0 saturated heterocycles. The van der Waals surface area contributed by atoms with E-state index in [1.165, 1.54) is 4.90 Å². The predicted octanol–water partition coefficient (Wildman–Crippen LogP) is -0.715. The number of aliphatic imine (C=N–C) groups is 1. The summed E-state index contributed by atoms with van der Waals surface area (Å²) in [5, 5.41) is 0. The van der Waals surface area contributed by atoms with Crippen LogP contribution in [0.4, 0.5) is 0 Å². The molecule has 0 atom stereocenters. The predicted molar refractivity (Wildman–Crippen MR) is 27.5 cm³/mol. The highest BCUT2D eigenvalue weighted by Crippen LogP contribution is 1.91. The maximum Gasteiger partial charge on any atom is 0.191 e. The van der Waals surface area contributed by atoms with E-state index in [1.807, 2.05) is 0 Å². The van der Waals surface area contributed by atoms with Crippen molar-refractivity contribution in [3.05, 3.63) is 7.05 Å². The molecule has 0 bridgehead atoms. The molecular formula is C4H7N3. The van der Waals surface area contributed by atoms with Gasteiger partial charge in [-0.1, -0.05) is 0 Å². The summed E-state index contributed by atoms with van der Waals surface area (Å²) in [4.78, 5) is 5.24. The molecule has 0 spiro atoms. The second kappa shape index (κ2) is 1.40. The molecule has 0 fully saturated rings. The summed E-state index contributed by atoms with van der Waals surface area (Å²) in [6.45, 7) is 1.49. The maximum absolute atomic E-state index is 5.26. The minimum Gasteiger partial charge on any atom is -0.370 e. The van der Waals surface area contributed by atoms with Crippen LogP contribution in [0.15, 0.2) is 4.99 Å². The fraction of sp³-hybridized carbons (Fsp3) is 0.500. The van der Waals surface area contributed by atoms with E-state index in [0.717, 1.165) is 13.1 Å². The maximum atomic E-state index is 5.26. The van der Waals surface area contributed by atoms with Crippen LogP contribution in [0, 0.1) is 7.05 Å². The van der Waals surface area contributed by atoms with Crippen molar-refractivity contribution in [1.82, 2.24) is 4.90 Å². The lowest BCUT2D eigenvalue weighted by atomic mass is 10.6. The lowest BCUT2D eigenvalue weighted by molar-refractivity contribution is 0.600. The molecule has 2 N–H and O–H groups in total. The fourth-order valence-corrected chi connectivity index (χ4v) is 0.478. The van der Waals surface area contributed by atoms with Gasteiger partial charge in [-0.2, -0.15) is 0 Å². The Bertz CT molecular complexity index is 97.1. The third-order valence-electron chi connectivity index (χ3n) is 0.909. The monoisotopic (exact) mass is 97.1 g/mol. The zero-order chi connectivity index (χ0) is 5.28. The summed E-state index contributed by atoms with van der Waals surface area (Å²) in [5.41, 5.74) is 5.23. The van der Waals surface area contributed by atoms with E-state index >= 15 is 0 Å². The van der Waals surface area contributed by atoms with Crippen molar-refractivity contribution in [2.45, 2.75) is 0 Å². The Morgan fingerprint density at radius 1 is 1.86 bits per heavy atom. The highest BCUT2D eigenvalue weighted by molar-refractivity contribution is 5.79. The third kappa shape index (κ3) is 0.656. The molecule has 0 aromatic carbocycles. The highest BCUT2D eigenvalue weighted by Gasteiger charge is 2.05. The summed E-state index contributed by atoms with van der Waals surface area (Å²) >= 11 is 0. The van der Waals surface area contributed by atoms with E-state index < -0.39 is 0 Å². The molecule has 0 aliphatic carbocycles. The van der Waals surface area contributed by atoms with Crippen LogP contribution in [0.5, 0.6) is 0 Å². The van der Waals surface area contributed by atoms with Gasteiger partial charge in [0.25, 0.3) is 0 Å². The Morgan fingerprint density at radius 2 is 2.57 bits per heavy atom. The van der Waals surface area contributed by atoms with Crippen LogP contribution in [-0.4, -0.2) is 23.9 Å². The SMILES string of the molecule is [CH]N1CCN=C1N. The Labute approximate surface area is 42.8 Å². The second-order valence-electron chi connectivity index (χ2n) is 1.43. The Hall–Kier alpha value is -0.730. The molecule has 38 valence electrons. The first-order valence-corrected chi connectivity index (χ1v) is 2.13. The molecule has 1 heterocycles. The summed E-state index contributed by atoms with van der Waals surface area (Å²) < 4.78 is 0. The standard InChI is InChI=1S/C4H7N3/c1-7-3-2-6-4(7)5/h1H,2-3H2,(H2,5,6). The van der Waals surface area contributed by atoms with Crippen LogP contribution in [0.2, 0.25) is 0 Å². The molecule has 0 amide bonds. The molecule has 0 saturated carbocycles. The normalized spacial score (nSPS) is 20.1. The quantitative estimate of drug-likeness (QED) is 0.433. The zero-order valence-corrected chi connectivity index (χ0v) is 3.96. The van der Waals surface area contributed by atoms with Crippen LogP contribution in [0.1, 0.15) is 0 Å². The summed E-state index contributed by atoms with van der Waals surface area (Å²) in [7, 11) is 5.26. The largest absolute Gasteiger partial charge is 0.370 e. The van der Waals surface area contributed by atoms with E-state index in [2.05, 4.69) is 4.99 Å². The minimum atomic E-state index is 0.444. The van der Waals surface area contributed by atoms with Crippen molar-refractivity contribution < 1.29 is 0 Å². The molecule has 3 heteroatoms. The number of nitrogens with zero attached hydrogens (tertiary/aromatic N) is 2. The summed E-state index contributed by atoms with van der Waals surface area (Å²) in [5.74, 6) is 0.444. The van der Waals surface area contributed by atoms with Crippen LogP contribution in [0.3, 0.4) is 0 Å². The third-order valence-corrected chi connectivity index (χ3v) is 0.909. The van der Waals surface area contributed by atoms with Gasteiger partial charge in [0.1, 0.15) is 0 Å². The van der Waals surface area contributed by atoms with Crippen LogP contribution in [-0.2, 0) is 0 Å². The first kappa shape index (κ1) is 4.43. The molecule has 0 unspecified atom stereocenters. The van der Waals surface area contributed by atoms with Crippen molar-refractivity contribution >= 4 is 5.96 Å². The van der Waals surface area contributed by atoms with Crippen molar-refractivity contribution in [2.24, 2.45) is 10.7 Å². The second-order valence-corrected chi connectivity index (χ2v) is 1.43. The van der Waals surface area contributed by atoms with Gasteiger partial charge in [0.05, 0.1) is 13.6 Å². The van der Waals surface area contributed by atoms with E-state index in [9.17, 15) is 0 Å². The highest BCUT2D eigenvalue weighted by atomic mass is 15.3. The molecule has 2 radical (unpaired) electrons. The molecular weight excluding hydrogens is 90.1 g/mol. The number of rotatable bonds is 0. The van der Waals surface area contributed by atoms with Gasteiger partial charge in [-0.25, -0.2) is 0 Å².